The van der Waals surface area contributed by atoms with Crippen LogP contribution in [0, 0.1) is 5.92 Å². The average molecular weight is 668 g/mol. The van der Waals surface area contributed by atoms with Crippen molar-refractivity contribution in [2.24, 2.45) is 11.7 Å². The second kappa shape index (κ2) is 12.9. The Morgan fingerprint density at radius 1 is 1.00 bits per heavy atom. The highest BCUT2D eigenvalue weighted by molar-refractivity contribution is 9.10. The molecule has 4 N–H and O–H groups in total. The second-order valence-corrected chi connectivity index (χ2v) is 13.3. The van der Waals surface area contributed by atoms with Gasteiger partial charge in [-0.1, -0.05) is 70.3 Å². The molecular formula is C28H29BrCl2N4O4S. The minimum atomic E-state index is -3.72. The van der Waals surface area contributed by atoms with Crippen LogP contribution in [0.5, 0.6) is 0 Å². The SMILES string of the molecule is CC[C@H](NC(=O)c1cc(Br)cc(NS(=O)(=O)CC2CN(C(c3ccc(Cl)cc3)c3ccc(Cl)cc3)C2)c1)C(N)=O. The van der Waals surface area contributed by atoms with E-state index in [1.807, 2.05) is 48.5 Å². The molecule has 1 aliphatic heterocycles. The highest BCUT2D eigenvalue weighted by Crippen LogP contribution is 2.36. The maximum absolute atomic E-state index is 13.1. The Hall–Kier alpha value is -2.63. The van der Waals surface area contributed by atoms with Crippen molar-refractivity contribution in [2.75, 3.05) is 23.6 Å². The fourth-order valence-electron chi connectivity index (χ4n) is 4.76. The Morgan fingerprint density at radius 2 is 1.55 bits per heavy atom. The largest absolute Gasteiger partial charge is 0.368 e. The molecule has 0 spiro atoms. The molecule has 1 fully saturated rings. The predicted molar refractivity (Wildman–Crippen MR) is 162 cm³/mol. The molecule has 0 bridgehead atoms. The molecule has 2 amide bonds. The normalized spacial score (nSPS) is 14.9. The fourth-order valence-corrected chi connectivity index (χ4v) is 6.89. The number of nitrogens with two attached hydrogens (primary N) is 1. The number of hydrogen-bond acceptors (Lipinski definition) is 5. The first kappa shape index (κ1) is 30.3. The number of amides is 2. The smallest absolute Gasteiger partial charge is 0.252 e. The van der Waals surface area contributed by atoms with E-state index in [4.69, 9.17) is 28.9 Å². The van der Waals surface area contributed by atoms with E-state index in [-0.39, 0.29) is 29.0 Å². The molecule has 0 aliphatic carbocycles. The molecule has 1 aliphatic rings. The summed E-state index contributed by atoms with van der Waals surface area (Å²) in [6.07, 6.45) is 0.337. The molecule has 0 radical (unpaired) electrons. The van der Waals surface area contributed by atoms with Gasteiger partial charge in [-0.25, -0.2) is 8.42 Å². The van der Waals surface area contributed by atoms with Gasteiger partial charge in [-0.15, -0.1) is 0 Å². The molecule has 1 heterocycles. The summed E-state index contributed by atoms with van der Waals surface area (Å²) in [7, 11) is -3.72. The Kier molecular flexibility index (Phi) is 9.79. The third kappa shape index (κ3) is 7.76. The molecule has 3 aromatic rings. The number of primary amides is 1. The van der Waals surface area contributed by atoms with Crippen molar-refractivity contribution in [3.8, 4) is 0 Å². The number of carbonyl (C=O) groups is 2. The third-order valence-electron chi connectivity index (χ3n) is 6.67. The van der Waals surface area contributed by atoms with Gasteiger partial charge in [0.25, 0.3) is 5.91 Å². The number of nitrogens with zero attached hydrogens (tertiary/aromatic N) is 1. The van der Waals surface area contributed by atoms with Crippen molar-refractivity contribution < 1.29 is 18.0 Å². The Morgan fingerprint density at radius 3 is 2.05 bits per heavy atom. The van der Waals surface area contributed by atoms with E-state index in [0.717, 1.165) is 11.1 Å². The number of benzene rings is 3. The minimum absolute atomic E-state index is 0.0695. The summed E-state index contributed by atoms with van der Waals surface area (Å²) in [4.78, 5) is 26.4. The maximum Gasteiger partial charge on any atom is 0.252 e. The van der Waals surface area contributed by atoms with Gasteiger partial charge in [0.15, 0.2) is 0 Å². The van der Waals surface area contributed by atoms with Crippen molar-refractivity contribution in [3.05, 3.63) is 97.9 Å². The number of nitrogens with one attached hydrogen (secondary N) is 2. The van der Waals surface area contributed by atoms with Gasteiger partial charge in [-0.05, 0) is 60.0 Å². The summed E-state index contributed by atoms with van der Waals surface area (Å²) in [6, 6.07) is 18.9. The number of halogens is 3. The van der Waals surface area contributed by atoms with Crippen LogP contribution in [-0.4, -0.2) is 50.0 Å². The molecule has 1 saturated heterocycles. The molecule has 4 rings (SSSR count). The van der Waals surface area contributed by atoms with Crippen LogP contribution in [-0.2, 0) is 14.8 Å². The van der Waals surface area contributed by atoms with Crippen LogP contribution in [0.15, 0.2) is 71.2 Å². The van der Waals surface area contributed by atoms with E-state index < -0.39 is 27.9 Å². The van der Waals surface area contributed by atoms with Gasteiger partial charge in [-0.2, -0.15) is 0 Å². The lowest BCUT2D eigenvalue weighted by molar-refractivity contribution is -0.119. The van der Waals surface area contributed by atoms with Crippen LogP contribution in [0.25, 0.3) is 0 Å². The number of hydrogen-bond donors (Lipinski definition) is 3. The molecule has 3 aromatic carbocycles. The van der Waals surface area contributed by atoms with Crippen LogP contribution in [0.2, 0.25) is 10.0 Å². The summed E-state index contributed by atoms with van der Waals surface area (Å²) in [5.41, 5.74) is 7.85. The van der Waals surface area contributed by atoms with Gasteiger partial charge < -0.3 is 11.1 Å². The topological polar surface area (TPSA) is 122 Å². The first-order chi connectivity index (χ1) is 18.9. The molecule has 0 unspecified atom stereocenters. The van der Waals surface area contributed by atoms with E-state index in [9.17, 15) is 18.0 Å². The molecule has 0 aromatic heterocycles. The molecule has 0 saturated carbocycles. The zero-order valence-electron chi connectivity index (χ0n) is 21.6. The lowest BCUT2D eigenvalue weighted by Gasteiger charge is -2.44. The number of carbonyl (C=O) groups excluding carboxylic acids is 2. The standard InChI is InChI=1S/C28H29BrCl2N4O4S/c1-2-25(27(32)36)33-28(37)20-11-21(29)13-24(12-20)34-40(38,39)16-17-14-35(15-17)26(18-3-7-22(30)8-4-18)19-5-9-23(31)10-6-19/h3-13,17,25-26,34H,2,14-16H2,1H3,(H2,32,36)(H,33,37)/t25-/m0/s1. The predicted octanol–water partition coefficient (Wildman–Crippen LogP) is 5.21. The second-order valence-electron chi connectivity index (χ2n) is 9.77. The lowest BCUT2D eigenvalue weighted by Crippen LogP contribution is -2.51. The Bertz CT molecular complexity index is 1440. The van der Waals surface area contributed by atoms with Gasteiger partial charge in [0, 0.05) is 39.1 Å². The first-order valence-corrected chi connectivity index (χ1v) is 15.8. The number of likely N-dealkylation sites (tertiary alicyclic amines) is 1. The highest BCUT2D eigenvalue weighted by atomic mass is 79.9. The number of rotatable bonds is 11. The van der Waals surface area contributed by atoms with Crippen molar-refractivity contribution in [1.82, 2.24) is 10.2 Å². The Labute approximate surface area is 252 Å². The van der Waals surface area contributed by atoms with Crippen molar-refractivity contribution in [1.29, 1.82) is 0 Å². The quantitative estimate of drug-likeness (QED) is 0.259. The lowest BCUT2D eigenvalue weighted by atomic mass is 9.91. The first-order valence-electron chi connectivity index (χ1n) is 12.6. The zero-order chi connectivity index (χ0) is 29.0. The zero-order valence-corrected chi connectivity index (χ0v) is 25.5. The third-order valence-corrected chi connectivity index (χ3v) is 9.09. The van der Waals surface area contributed by atoms with Crippen LogP contribution in [0.4, 0.5) is 5.69 Å². The van der Waals surface area contributed by atoms with Gasteiger partial charge >= 0.3 is 0 Å². The van der Waals surface area contributed by atoms with Crippen LogP contribution in [0.3, 0.4) is 0 Å². The number of anilines is 1. The van der Waals surface area contributed by atoms with Gasteiger partial charge in [0.1, 0.15) is 6.04 Å². The molecular weight excluding hydrogens is 639 g/mol. The maximum atomic E-state index is 13.1. The highest BCUT2D eigenvalue weighted by Gasteiger charge is 2.36. The van der Waals surface area contributed by atoms with E-state index in [1.54, 1.807) is 13.0 Å². The molecule has 1 atom stereocenters. The van der Waals surface area contributed by atoms with Gasteiger partial charge in [-0.3, -0.25) is 19.2 Å². The van der Waals surface area contributed by atoms with Crippen LogP contribution < -0.4 is 15.8 Å². The molecule has 212 valence electrons. The van der Waals surface area contributed by atoms with Gasteiger partial charge in [0.05, 0.1) is 17.5 Å². The van der Waals surface area contributed by atoms with Crippen LogP contribution >= 0.6 is 39.1 Å². The molecule has 12 heteroatoms. The molecule has 40 heavy (non-hydrogen) atoms. The summed E-state index contributed by atoms with van der Waals surface area (Å²) < 4.78 is 29.2. The van der Waals surface area contributed by atoms with Crippen LogP contribution in [0.1, 0.15) is 40.9 Å². The minimum Gasteiger partial charge on any atom is -0.368 e. The fraction of sp³-hybridized carbons (Fsp3) is 0.286. The molecule has 8 nitrogen and oxygen atoms in total. The van der Waals surface area contributed by atoms with E-state index >= 15 is 0 Å². The monoisotopic (exact) mass is 666 g/mol. The summed E-state index contributed by atoms with van der Waals surface area (Å²) >= 11 is 15.5. The summed E-state index contributed by atoms with van der Waals surface area (Å²) in [6.45, 7) is 2.88. The Balaban J connectivity index is 1.43. The summed E-state index contributed by atoms with van der Waals surface area (Å²) in [5, 5.41) is 3.85. The van der Waals surface area contributed by atoms with Gasteiger partial charge in [0.2, 0.25) is 15.9 Å². The van der Waals surface area contributed by atoms with E-state index in [2.05, 4.69) is 30.9 Å². The number of sulfonamides is 1. The van der Waals surface area contributed by atoms with Crippen molar-refractivity contribution >= 4 is 66.7 Å². The van der Waals surface area contributed by atoms with E-state index in [1.165, 1.54) is 12.1 Å². The van der Waals surface area contributed by atoms with Crippen molar-refractivity contribution in [3.63, 3.8) is 0 Å². The average Bonchev–Trinajstić information content (AvgIpc) is 2.86. The van der Waals surface area contributed by atoms with E-state index in [0.29, 0.717) is 34.0 Å². The van der Waals surface area contributed by atoms with Crippen molar-refractivity contribution in [2.45, 2.75) is 25.4 Å². The summed E-state index contributed by atoms with van der Waals surface area (Å²) in [5.74, 6) is -1.34.